The second kappa shape index (κ2) is 6.04. The van der Waals surface area contributed by atoms with Gasteiger partial charge in [0, 0.05) is 24.7 Å². The van der Waals surface area contributed by atoms with Gasteiger partial charge in [0.1, 0.15) is 5.69 Å². The topological polar surface area (TPSA) is 102 Å². The van der Waals surface area contributed by atoms with E-state index in [0.29, 0.717) is 11.7 Å². The van der Waals surface area contributed by atoms with Crippen molar-refractivity contribution in [3.8, 4) is 0 Å². The molecule has 1 aromatic rings. The Bertz CT molecular complexity index is 563. The van der Waals surface area contributed by atoms with Crippen LogP contribution in [0.2, 0.25) is 0 Å². The Balaban J connectivity index is 2.19. The van der Waals surface area contributed by atoms with Crippen LogP contribution in [0, 0.1) is 20.2 Å². The van der Waals surface area contributed by atoms with Gasteiger partial charge in [0.25, 0.3) is 11.4 Å². The molecular weight excluding hydrogens is 276 g/mol. The van der Waals surface area contributed by atoms with Gasteiger partial charge in [-0.1, -0.05) is 0 Å². The fraction of sp³-hybridized carbons (Fsp3) is 0.538. The number of nitro groups is 2. The maximum absolute atomic E-state index is 11.1. The number of nitro benzene ring substituents is 2. The second-order valence-electron chi connectivity index (χ2n) is 5.41. The minimum absolute atomic E-state index is 0.136. The first-order valence-corrected chi connectivity index (χ1v) is 6.78. The first-order valence-electron chi connectivity index (χ1n) is 6.78. The van der Waals surface area contributed by atoms with Crippen LogP contribution < -0.4 is 5.32 Å². The second-order valence-corrected chi connectivity index (χ2v) is 5.41. The van der Waals surface area contributed by atoms with Crippen LogP contribution in [-0.2, 0) is 0 Å². The number of hydrogen-bond acceptors (Lipinski definition) is 6. The summed E-state index contributed by atoms with van der Waals surface area (Å²) in [4.78, 5) is 22.8. The summed E-state index contributed by atoms with van der Waals surface area (Å²) in [6, 6.07) is 4.23. The zero-order valence-corrected chi connectivity index (χ0v) is 12.0. The number of non-ortho nitro benzene ring substituents is 1. The van der Waals surface area contributed by atoms with Gasteiger partial charge in [-0.25, -0.2) is 0 Å². The molecule has 1 saturated heterocycles. The molecule has 8 heteroatoms. The van der Waals surface area contributed by atoms with Crippen LogP contribution in [0.5, 0.6) is 0 Å². The van der Waals surface area contributed by atoms with Gasteiger partial charge in [-0.05, 0) is 32.9 Å². The maximum atomic E-state index is 11.1. The number of piperidine rings is 1. The molecule has 1 fully saturated rings. The molecule has 1 aromatic carbocycles. The predicted octanol–water partition coefficient (Wildman–Crippen LogP) is 2.40. The van der Waals surface area contributed by atoms with Crippen molar-refractivity contribution in [1.29, 1.82) is 0 Å². The number of rotatable bonds is 4. The standard InChI is InChI=1S/C13H18N4O4/c1-9-7-10(5-6-15(9)2)14-12-4-3-11(16(18)19)8-13(12)17(20)21/h3-4,8-10,14H,5-7H2,1-2H3. The number of anilines is 1. The molecule has 1 aliphatic rings. The van der Waals surface area contributed by atoms with Gasteiger partial charge < -0.3 is 10.2 Å². The molecule has 0 aromatic heterocycles. The van der Waals surface area contributed by atoms with E-state index in [1.165, 1.54) is 12.1 Å². The van der Waals surface area contributed by atoms with E-state index in [1.54, 1.807) is 0 Å². The van der Waals surface area contributed by atoms with Gasteiger partial charge >= 0.3 is 0 Å². The zero-order valence-electron chi connectivity index (χ0n) is 12.0. The molecule has 0 amide bonds. The lowest BCUT2D eigenvalue weighted by Gasteiger charge is -2.35. The van der Waals surface area contributed by atoms with Crippen LogP contribution in [0.15, 0.2) is 18.2 Å². The fourth-order valence-electron chi connectivity index (χ4n) is 2.55. The number of nitrogens with zero attached hydrogens (tertiary/aromatic N) is 3. The molecule has 1 heterocycles. The van der Waals surface area contributed by atoms with E-state index >= 15 is 0 Å². The van der Waals surface area contributed by atoms with Gasteiger partial charge in [-0.15, -0.1) is 0 Å². The van der Waals surface area contributed by atoms with Gasteiger partial charge in [-0.3, -0.25) is 20.2 Å². The monoisotopic (exact) mass is 294 g/mol. The summed E-state index contributed by atoms with van der Waals surface area (Å²) in [5.41, 5.74) is -0.188. The summed E-state index contributed by atoms with van der Waals surface area (Å²) in [5, 5.41) is 25.0. The van der Waals surface area contributed by atoms with E-state index in [1.807, 2.05) is 0 Å². The first kappa shape index (κ1) is 15.2. The lowest BCUT2D eigenvalue weighted by molar-refractivity contribution is -0.393. The third kappa shape index (κ3) is 3.46. The van der Waals surface area contributed by atoms with Crippen LogP contribution in [0.3, 0.4) is 0 Å². The van der Waals surface area contributed by atoms with E-state index in [0.717, 1.165) is 25.5 Å². The largest absolute Gasteiger partial charge is 0.377 e. The van der Waals surface area contributed by atoms with Crippen molar-refractivity contribution in [3.63, 3.8) is 0 Å². The van der Waals surface area contributed by atoms with Crippen LogP contribution in [0.25, 0.3) is 0 Å². The summed E-state index contributed by atoms with van der Waals surface area (Å²) >= 11 is 0. The van der Waals surface area contributed by atoms with Crippen molar-refractivity contribution in [2.75, 3.05) is 18.9 Å². The molecule has 0 radical (unpaired) electrons. The average molecular weight is 294 g/mol. The number of hydrogen-bond donors (Lipinski definition) is 1. The van der Waals surface area contributed by atoms with Crippen molar-refractivity contribution in [2.24, 2.45) is 0 Å². The van der Waals surface area contributed by atoms with Crippen LogP contribution in [0.1, 0.15) is 19.8 Å². The van der Waals surface area contributed by atoms with Gasteiger partial charge in [-0.2, -0.15) is 0 Å². The van der Waals surface area contributed by atoms with Crippen molar-refractivity contribution in [3.05, 3.63) is 38.4 Å². The Labute approximate surface area is 122 Å². The molecule has 0 bridgehead atoms. The molecule has 0 saturated carbocycles. The Morgan fingerprint density at radius 1 is 1.29 bits per heavy atom. The van der Waals surface area contributed by atoms with E-state index < -0.39 is 9.85 Å². The normalized spacial score (nSPS) is 22.8. The van der Waals surface area contributed by atoms with Gasteiger partial charge in [0.2, 0.25) is 0 Å². The molecule has 2 atom stereocenters. The van der Waals surface area contributed by atoms with Crippen molar-refractivity contribution >= 4 is 17.1 Å². The van der Waals surface area contributed by atoms with Crippen molar-refractivity contribution < 1.29 is 9.85 Å². The third-order valence-corrected chi connectivity index (χ3v) is 3.96. The highest BCUT2D eigenvalue weighted by Crippen LogP contribution is 2.31. The molecule has 1 N–H and O–H groups in total. The number of likely N-dealkylation sites (tertiary alicyclic amines) is 1. The summed E-state index contributed by atoms with van der Waals surface area (Å²) in [5.74, 6) is 0. The summed E-state index contributed by atoms with van der Waals surface area (Å²) < 4.78 is 0. The predicted molar refractivity (Wildman–Crippen MR) is 78.5 cm³/mol. The first-order chi connectivity index (χ1) is 9.88. The zero-order chi connectivity index (χ0) is 15.6. The third-order valence-electron chi connectivity index (χ3n) is 3.96. The SMILES string of the molecule is CC1CC(Nc2ccc([N+](=O)[O-])cc2[N+](=O)[O-])CCN1C. The fourth-order valence-corrected chi connectivity index (χ4v) is 2.55. The minimum atomic E-state index is -0.631. The van der Waals surface area contributed by atoms with E-state index in [2.05, 4.69) is 24.2 Å². The molecule has 2 rings (SSSR count). The summed E-state index contributed by atoms with van der Waals surface area (Å²) in [7, 11) is 2.05. The molecule has 0 spiro atoms. The minimum Gasteiger partial charge on any atom is -0.377 e. The molecular formula is C13H18N4O4. The van der Waals surface area contributed by atoms with Crippen LogP contribution >= 0.6 is 0 Å². The molecule has 114 valence electrons. The highest BCUT2D eigenvalue weighted by atomic mass is 16.6. The molecule has 1 aliphatic heterocycles. The van der Waals surface area contributed by atoms with Crippen molar-refractivity contribution in [2.45, 2.75) is 31.8 Å². The van der Waals surface area contributed by atoms with E-state index in [-0.39, 0.29) is 17.4 Å². The molecule has 21 heavy (non-hydrogen) atoms. The number of benzene rings is 1. The Hall–Kier alpha value is -2.22. The van der Waals surface area contributed by atoms with E-state index in [4.69, 9.17) is 0 Å². The smallest absolute Gasteiger partial charge is 0.299 e. The van der Waals surface area contributed by atoms with Gasteiger partial charge in [0.15, 0.2) is 0 Å². The van der Waals surface area contributed by atoms with Crippen LogP contribution in [-0.4, -0.2) is 40.4 Å². The van der Waals surface area contributed by atoms with Crippen molar-refractivity contribution in [1.82, 2.24) is 4.90 Å². The van der Waals surface area contributed by atoms with Gasteiger partial charge in [0.05, 0.1) is 15.9 Å². The maximum Gasteiger partial charge on any atom is 0.299 e. The lowest BCUT2D eigenvalue weighted by Crippen LogP contribution is -2.42. The molecule has 2 unspecified atom stereocenters. The molecule has 0 aliphatic carbocycles. The lowest BCUT2D eigenvalue weighted by atomic mass is 9.98. The Morgan fingerprint density at radius 2 is 2.00 bits per heavy atom. The average Bonchev–Trinajstić information content (AvgIpc) is 2.43. The number of nitrogens with one attached hydrogen (secondary N) is 1. The summed E-state index contributed by atoms with van der Waals surface area (Å²) in [6.45, 7) is 3.03. The van der Waals surface area contributed by atoms with Crippen LogP contribution in [0.4, 0.5) is 17.1 Å². The highest BCUT2D eigenvalue weighted by molar-refractivity contribution is 5.65. The molecule has 8 nitrogen and oxygen atoms in total. The highest BCUT2D eigenvalue weighted by Gasteiger charge is 2.26. The quantitative estimate of drug-likeness (QED) is 0.675. The Morgan fingerprint density at radius 3 is 2.57 bits per heavy atom. The Kier molecular flexibility index (Phi) is 4.37. The summed E-state index contributed by atoms with van der Waals surface area (Å²) in [6.07, 6.45) is 1.76. The van der Waals surface area contributed by atoms with E-state index in [9.17, 15) is 20.2 Å².